The van der Waals surface area contributed by atoms with Crippen LogP contribution in [0, 0.1) is 6.92 Å². The average Bonchev–Trinajstić information content (AvgIpc) is 3.37. The molecule has 8 heteroatoms. The third-order valence-corrected chi connectivity index (χ3v) is 6.39. The zero-order valence-electron chi connectivity index (χ0n) is 18.4. The fourth-order valence-electron chi connectivity index (χ4n) is 3.69. The summed E-state index contributed by atoms with van der Waals surface area (Å²) in [6, 6.07) is 9.71. The first-order valence-corrected chi connectivity index (χ1v) is 11.4. The predicted molar refractivity (Wildman–Crippen MR) is 123 cm³/mol. The second-order valence-electron chi connectivity index (χ2n) is 8.68. The number of rotatable bonds is 8. The Labute approximate surface area is 187 Å². The summed E-state index contributed by atoms with van der Waals surface area (Å²) in [5.41, 5.74) is 2.51. The van der Waals surface area contributed by atoms with Crippen LogP contribution < -0.4 is 10.6 Å². The van der Waals surface area contributed by atoms with Crippen molar-refractivity contribution in [3.05, 3.63) is 51.7 Å². The molecule has 3 amide bonds. The highest BCUT2D eigenvalue weighted by Gasteiger charge is 2.28. The van der Waals surface area contributed by atoms with Crippen LogP contribution in [0.25, 0.3) is 0 Å². The van der Waals surface area contributed by atoms with Crippen molar-refractivity contribution < 1.29 is 18.9 Å². The molecule has 166 valence electrons. The highest BCUT2D eigenvalue weighted by Crippen LogP contribution is 2.30. The van der Waals surface area contributed by atoms with Crippen LogP contribution >= 0.6 is 11.3 Å². The van der Waals surface area contributed by atoms with Gasteiger partial charge in [0.15, 0.2) is 13.1 Å². The van der Waals surface area contributed by atoms with E-state index in [0.717, 1.165) is 37.1 Å². The van der Waals surface area contributed by atoms with Gasteiger partial charge in [-0.15, -0.1) is 11.3 Å². The van der Waals surface area contributed by atoms with Crippen LogP contribution in [-0.2, 0) is 16.1 Å². The Hall–Kier alpha value is -2.71. The molecule has 1 aliphatic rings. The van der Waals surface area contributed by atoms with E-state index in [1.165, 1.54) is 11.3 Å². The maximum Gasteiger partial charge on any atom is 0.279 e. The summed E-state index contributed by atoms with van der Waals surface area (Å²) in [7, 11) is 3.69. The molecule has 31 heavy (non-hydrogen) atoms. The summed E-state index contributed by atoms with van der Waals surface area (Å²) in [5.74, 6) is -0.337. The lowest BCUT2D eigenvalue weighted by Gasteiger charge is -2.28. The lowest BCUT2D eigenvalue weighted by atomic mass is 10.2. The van der Waals surface area contributed by atoms with Gasteiger partial charge in [0.25, 0.3) is 17.7 Å². The van der Waals surface area contributed by atoms with Crippen molar-refractivity contribution >= 4 is 34.7 Å². The Kier molecular flexibility index (Phi) is 7.46. The fourth-order valence-corrected chi connectivity index (χ4v) is 4.66. The Morgan fingerprint density at radius 2 is 1.68 bits per heavy atom. The number of thiophene rings is 1. The molecule has 0 aliphatic carbocycles. The number of carbonyl (C=O) groups is 3. The molecule has 0 atom stereocenters. The molecule has 2 aromatic rings. The topological polar surface area (TPSA) is 78.5 Å². The van der Waals surface area contributed by atoms with Crippen molar-refractivity contribution in [2.45, 2.75) is 26.3 Å². The Morgan fingerprint density at radius 1 is 1.03 bits per heavy atom. The van der Waals surface area contributed by atoms with Crippen LogP contribution in [-0.4, -0.2) is 67.4 Å². The van der Waals surface area contributed by atoms with Crippen LogP contribution in [0.15, 0.2) is 35.7 Å². The molecule has 1 aromatic carbocycles. The molecule has 0 saturated carbocycles. The quantitative estimate of drug-likeness (QED) is 0.616. The minimum Gasteiger partial charge on any atom is -0.347 e. The number of likely N-dealkylation sites (tertiary alicyclic amines) is 1. The molecule has 0 bridgehead atoms. The van der Waals surface area contributed by atoms with Crippen molar-refractivity contribution in [3.63, 3.8) is 0 Å². The third-order valence-electron chi connectivity index (χ3n) is 5.30. The van der Waals surface area contributed by atoms with Crippen LogP contribution in [0.2, 0.25) is 0 Å². The van der Waals surface area contributed by atoms with Crippen molar-refractivity contribution in [1.82, 2.24) is 10.2 Å². The normalized spacial score (nSPS) is 13.8. The average molecular weight is 444 g/mol. The minimum absolute atomic E-state index is 0.0139. The van der Waals surface area contributed by atoms with Crippen LogP contribution in [0.3, 0.4) is 0 Å². The molecule has 1 saturated heterocycles. The molecule has 2 heterocycles. The molecule has 0 spiro atoms. The van der Waals surface area contributed by atoms with E-state index in [-0.39, 0.29) is 35.3 Å². The van der Waals surface area contributed by atoms with Gasteiger partial charge in [-0.25, -0.2) is 0 Å². The van der Waals surface area contributed by atoms with Gasteiger partial charge in [-0.2, -0.15) is 0 Å². The summed E-state index contributed by atoms with van der Waals surface area (Å²) >= 11 is 1.37. The number of carbonyl (C=O) groups excluding carboxylic acids is 3. The number of nitrogens with one attached hydrogen (secondary N) is 2. The predicted octanol–water partition coefficient (Wildman–Crippen LogP) is 2.62. The number of aryl methyl sites for hydroxylation is 1. The number of likely N-dealkylation sites (N-methyl/N-ethyl adjacent to an activating group) is 1. The summed E-state index contributed by atoms with van der Waals surface area (Å²) in [6.45, 7) is 4.20. The van der Waals surface area contributed by atoms with Gasteiger partial charge >= 0.3 is 0 Å². The third kappa shape index (κ3) is 6.38. The largest absolute Gasteiger partial charge is 0.347 e. The Balaban J connectivity index is 1.55. The van der Waals surface area contributed by atoms with Crippen LogP contribution in [0.1, 0.15) is 33.6 Å². The lowest BCUT2D eigenvalue weighted by Crippen LogP contribution is -2.51. The van der Waals surface area contributed by atoms with E-state index >= 15 is 0 Å². The molecular formula is C23H31N4O3S+. The first kappa shape index (κ1) is 23.0. The number of nitrogens with zero attached hydrogens (tertiary/aromatic N) is 2. The molecule has 1 fully saturated rings. The van der Waals surface area contributed by atoms with E-state index in [1.807, 2.05) is 61.6 Å². The summed E-state index contributed by atoms with van der Waals surface area (Å²) in [6.07, 6.45) is 2.05. The SMILES string of the molecule is Cc1csc(C(=O)N2CCCC2)c1NC(=O)C[N+](C)(C)CC(=O)NCc1ccccc1. The van der Waals surface area contributed by atoms with Crippen molar-refractivity contribution in [2.75, 3.05) is 45.6 Å². The molecule has 7 nitrogen and oxygen atoms in total. The van der Waals surface area contributed by atoms with Gasteiger partial charge in [0.05, 0.1) is 19.8 Å². The number of hydrogen-bond donors (Lipinski definition) is 2. The van der Waals surface area contributed by atoms with Gasteiger partial charge in [-0.1, -0.05) is 30.3 Å². The van der Waals surface area contributed by atoms with Crippen molar-refractivity contribution in [1.29, 1.82) is 0 Å². The number of quaternary nitrogens is 1. The molecule has 1 aromatic heterocycles. The summed E-state index contributed by atoms with van der Waals surface area (Å²) in [4.78, 5) is 40.4. The second-order valence-corrected chi connectivity index (χ2v) is 9.56. The van der Waals surface area contributed by atoms with E-state index in [0.29, 0.717) is 17.1 Å². The molecule has 1 aliphatic heterocycles. The standard InChI is InChI=1S/C23H30N4O3S/c1-17-16-31-22(23(30)26-11-7-8-12-26)21(17)25-20(29)15-27(2,3)14-19(28)24-13-18-9-5-4-6-10-18/h4-6,9-10,16H,7-8,11-15H2,1-3H3,(H-,24,25,28,29,30)/p+1. The van der Waals surface area contributed by atoms with Crippen LogP contribution in [0.4, 0.5) is 5.69 Å². The van der Waals surface area contributed by atoms with E-state index in [2.05, 4.69) is 10.6 Å². The van der Waals surface area contributed by atoms with Crippen LogP contribution in [0.5, 0.6) is 0 Å². The molecular weight excluding hydrogens is 412 g/mol. The van der Waals surface area contributed by atoms with Gasteiger partial charge in [-0.3, -0.25) is 14.4 Å². The number of amides is 3. The van der Waals surface area contributed by atoms with E-state index < -0.39 is 0 Å². The van der Waals surface area contributed by atoms with Gasteiger partial charge in [0.1, 0.15) is 4.88 Å². The monoisotopic (exact) mass is 443 g/mol. The second kappa shape index (κ2) is 10.1. The summed E-state index contributed by atoms with van der Waals surface area (Å²) in [5, 5.41) is 7.73. The Morgan fingerprint density at radius 3 is 2.35 bits per heavy atom. The summed E-state index contributed by atoms with van der Waals surface area (Å²) < 4.78 is 0.213. The fraction of sp³-hybridized carbons (Fsp3) is 0.435. The maximum atomic E-state index is 12.8. The highest BCUT2D eigenvalue weighted by molar-refractivity contribution is 7.13. The highest BCUT2D eigenvalue weighted by atomic mass is 32.1. The molecule has 0 radical (unpaired) electrons. The molecule has 0 unspecified atom stereocenters. The zero-order chi connectivity index (χ0) is 22.4. The van der Waals surface area contributed by atoms with E-state index in [1.54, 1.807) is 0 Å². The lowest BCUT2D eigenvalue weighted by molar-refractivity contribution is -0.874. The molecule has 2 N–H and O–H groups in total. The van der Waals surface area contributed by atoms with E-state index in [4.69, 9.17) is 0 Å². The van der Waals surface area contributed by atoms with Gasteiger partial charge < -0.3 is 20.0 Å². The van der Waals surface area contributed by atoms with Gasteiger partial charge in [0.2, 0.25) is 0 Å². The van der Waals surface area contributed by atoms with Gasteiger partial charge in [-0.05, 0) is 36.3 Å². The number of hydrogen-bond acceptors (Lipinski definition) is 4. The number of anilines is 1. The van der Waals surface area contributed by atoms with E-state index in [9.17, 15) is 14.4 Å². The van der Waals surface area contributed by atoms with Crippen molar-refractivity contribution in [2.24, 2.45) is 0 Å². The van der Waals surface area contributed by atoms with Gasteiger partial charge in [0, 0.05) is 19.6 Å². The number of benzene rings is 1. The first-order chi connectivity index (χ1) is 14.7. The zero-order valence-corrected chi connectivity index (χ0v) is 19.3. The molecule has 3 rings (SSSR count). The maximum absolute atomic E-state index is 12.8. The smallest absolute Gasteiger partial charge is 0.279 e. The Bertz CT molecular complexity index is 934. The van der Waals surface area contributed by atoms with Crippen molar-refractivity contribution in [3.8, 4) is 0 Å². The first-order valence-electron chi connectivity index (χ1n) is 10.5. The minimum atomic E-state index is -0.210.